The van der Waals surface area contributed by atoms with Crippen LogP contribution in [0, 0.1) is 0 Å². The Hall–Kier alpha value is -0.840. The number of carboxylic acid groups (broad SMARTS) is 1. The van der Waals surface area contributed by atoms with Crippen molar-refractivity contribution in [2.24, 2.45) is 7.05 Å². The molecule has 0 radical (unpaired) electrons. The highest BCUT2D eigenvalue weighted by atomic mass is 79.9. The van der Waals surface area contributed by atoms with E-state index >= 15 is 0 Å². The minimum Gasteiger partial charge on any atom is -0.481 e. The Labute approximate surface area is 90.0 Å². The van der Waals surface area contributed by atoms with Crippen LogP contribution in [0.1, 0.15) is 25.0 Å². The van der Waals surface area contributed by atoms with Crippen LogP contribution in [0.3, 0.4) is 0 Å². The zero-order valence-corrected chi connectivity index (χ0v) is 9.41. The van der Waals surface area contributed by atoms with Crippen molar-refractivity contribution in [1.82, 2.24) is 9.78 Å². The van der Waals surface area contributed by atoms with Gasteiger partial charge in [0, 0.05) is 7.05 Å². The van der Waals surface area contributed by atoms with Crippen LogP contribution in [0.4, 0.5) is 0 Å². The largest absolute Gasteiger partial charge is 0.481 e. The van der Waals surface area contributed by atoms with Gasteiger partial charge < -0.3 is 5.11 Å². The molecular formula is C9H11BrN2O2. The van der Waals surface area contributed by atoms with Crippen molar-refractivity contribution in [2.75, 3.05) is 0 Å². The molecule has 1 aliphatic rings. The van der Waals surface area contributed by atoms with E-state index in [1.807, 2.05) is 0 Å². The first kappa shape index (κ1) is 9.71. The molecule has 0 unspecified atom stereocenters. The third-order valence-electron chi connectivity index (χ3n) is 2.96. The van der Waals surface area contributed by atoms with Crippen molar-refractivity contribution in [3.05, 3.63) is 16.4 Å². The molecule has 0 amide bonds. The van der Waals surface area contributed by atoms with E-state index in [-0.39, 0.29) is 0 Å². The normalized spacial score (nSPS) is 19.0. The van der Waals surface area contributed by atoms with Gasteiger partial charge in [-0.3, -0.25) is 9.48 Å². The summed E-state index contributed by atoms with van der Waals surface area (Å²) in [6.45, 7) is 0. The lowest BCUT2D eigenvalue weighted by molar-refractivity contribution is -0.147. The highest BCUT2D eigenvalue weighted by Crippen LogP contribution is 2.44. The highest BCUT2D eigenvalue weighted by Gasteiger charge is 2.48. The molecule has 0 atom stereocenters. The van der Waals surface area contributed by atoms with Gasteiger partial charge in [0.2, 0.25) is 0 Å². The number of rotatable bonds is 2. The van der Waals surface area contributed by atoms with Crippen molar-refractivity contribution in [1.29, 1.82) is 0 Å². The van der Waals surface area contributed by atoms with Crippen LogP contribution < -0.4 is 0 Å². The first-order valence-electron chi connectivity index (χ1n) is 4.50. The van der Waals surface area contributed by atoms with E-state index < -0.39 is 11.4 Å². The van der Waals surface area contributed by atoms with E-state index in [0.29, 0.717) is 17.4 Å². The summed E-state index contributed by atoms with van der Waals surface area (Å²) < 4.78 is 2.35. The molecule has 2 rings (SSSR count). The van der Waals surface area contributed by atoms with Gasteiger partial charge in [0.05, 0.1) is 5.69 Å². The van der Waals surface area contributed by atoms with E-state index in [2.05, 4.69) is 21.0 Å². The number of halogens is 1. The molecule has 0 aliphatic heterocycles. The van der Waals surface area contributed by atoms with Crippen LogP contribution in [0.25, 0.3) is 0 Å². The van der Waals surface area contributed by atoms with Crippen molar-refractivity contribution in [2.45, 2.75) is 24.7 Å². The molecule has 1 saturated carbocycles. The number of carbonyl (C=O) groups is 1. The Bertz CT molecular complexity index is 382. The number of aromatic nitrogens is 2. The zero-order chi connectivity index (χ0) is 10.3. The van der Waals surface area contributed by atoms with E-state index in [9.17, 15) is 9.90 Å². The maximum Gasteiger partial charge on any atom is 0.315 e. The van der Waals surface area contributed by atoms with E-state index in [1.54, 1.807) is 17.8 Å². The van der Waals surface area contributed by atoms with E-state index in [1.165, 1.54) is 0 Å². The maximum absolute atomic E-state index is 11.2. The fourth-order valence-electron chi connectivity index (χ4n) is 1.99. The Kier molecular flexibility index (Phi) is 2.14. The molecular weight excluding hydrogens is 248 g/mol. The number of hydrogen-bond donors (Lipinski definition) is 1. The second-order valence-corrected chi connectivity index (χ2v) is 4.53. The average molecular weight is 259 g/mol. The number of nitrogens with zero attached hydrogens (tertiary/aromatic N) is 2. The van der Waals surface area contributed by atoms with Gasteiger partial charge in [0.25, 0.3) is 0 Å². The van der Waals surface area contributed by atoms with Gasteiger partial charge in [-0.05, 0) is 34.8 Å². The Balaban J connectivity index is 2.46. The standard InChI is InChI=1S/C9H11BrN2O2/c1-12-6(5-7(10)11-12)9(8(13)14)3-2-4-9/h5H,2-4H2,1H3,(H,13,14). The van der Waals surface area contributed by atoms with Gasteiger partial charge in [0.1, 0.15) is 10.0 Å². The maximum atomic E-state index is 11.2. The van der Waals surface area contributed by atoms with Gasteiger partial charge in [-0.15, -0.1) is 0 Å². The van der Waals surface area contributed by atoms with Crippen LogP contribution in [-0.4, -0.2) is 20.9 Å². The van der Waals surface area contributed by atoms with Crippen molar-refractivity contribution >= 4 is 21.9 Å². The molecule has 76 valence electrons. The fourth-order valence-corrected chi connectivity index (χ4v) is 2.44. The van der Waals surface area contributed by atoms with Gasteiger partial charge in [-0.1, -0.05) is 6.42 Å². The molecule has 5 heteroatoms. The monoisotopic (exact) mass is 258 g/mol. The van der Waals surface area contributed by atoms with Crippen molar-refractivity contribution in [3.63, 3.8) is 0 Å². The van der Waals surface area contributed by atoms with Crippen molar-refractivity contribution < 1.29 is 9.90 Å². The van der Waals surface area contributed by atoms with Crippen LogP contribution in [0.2, 0.25) is 0 Å². The minimum absolute atomic E-state index is 0.687. The second-order valence-electron chi connectivity index (χ2n) is 3.72. The predicted molar refractivity (Wildman–Crippen MR) is 54.1 cm³/mol. The van der Waals surface area contributed by atoms with Gasteiger partial charge >= 0.3 is 5.97 Å². The molecule has 0 saturated heterocycles. The SMILES string of the molecule is Cn1nc(Br)cc1C1(C(=O)O)CCC1. The summed E-state index contributed by atoms with van der Waals surface area (Å²) in [6, 6.07) is 1.80. The van der Waals surface area contributed by atoms with Crippen LogP contribution in [-0.2, 0) is 17.3 Å². The lowest BCUT2D eigenvalue weighted by Gasteiger charge is -2.37. The van der Waals surface area contributed by atoms with Gasteiger partial charge in [0.15, 0.2) is 0 Å². The summed E-state index contributed by atoms with van der Waals surface area (Å²) in [5, 5.41) is 13.3. The molecule has 1 N–H and O–H groups in total. The van der Waals surface area contributed by atoms with Gasteiger partial charge in [-0.2, -0.15) is 5.10 Å². The molecule has 14 heavy (non-hydrogen) atoms. The average Bonchev–Trinajstić information content (AvgIpc) is 2.27. The Morgan fingerprint density at radius 1 is 1.71 bits per heavy atom. The summed E-state index contributed by atoms with van der Waals surface area (Å²) in [6.07, 6.45) is 2.41. The summed E-state index contributed by atoms with van der Waals surface area (Å²) in [4.78, 5) is 11.2. The van der Waals surface area contributed by atoms with Crippen molar-refractivity contribution in [3.8, 4) is 0 Å². The minimum atomic E-state index is -0.737. The molecule has 0 bridgehead atoms. The summed E-state index contributed by atoms with van der Waals surface area (Å²) in [7, 11) is 1.78. The number of aryl methyl sites for hydroxylation is 1. The smallest absolute Gasteiger partial charge is 0.315 e. The van der Waals surface area contributed by atoms with Crippen LogP contribution in [0.15, 0.2) is 10.7 Å². The second kappa shape index (κ2) is 3.08. The topological polar surface area (TPSA) is 55.1 Å². The van der Waals surface area contributed by atoms with E-state index in [4.69, 9.17) is 0 Å². The third kappa shape index (κ3) is 1.19. The molecule has 1 heterocycles. The number of carboxylic acids is 1. The molecule has 0 aromatic carbocycles. The molecule has 1 fully saturated rings. The molecule has 1 aromatic rings. The van der Waals surface area contributed by atoms with Crippen LogP contribution >= 0.6 is 15.9 Å². The summed E-state index contributed by atoms with van der Waals surface area (Å²) >= 11 is 3.25. The first-order chi connectivity index (χ1) is 6.56. The fraction of sp³-hybridized carbons (Fsp3) is 0.556. The molecule has 4 nitrogen and oxygen atoms in total. The first-order valence-corrected chi connectivity index (χ1v) is 5.29. The highest BCUT2D eigenvalue weighted by molar-refractivity contribution is 9.10. The summed E-state index contributed by atoms with van der Waals surface area (Å²) in [5.74, 6) is -0.737. The zero-order valence-electron chi connectivity index (χ0n) is 7.83. The van der Waals surface area contributed by atoms with Gasteiger partial charge in [-0.25, -0.2) is 0 Å². The molecule has 0 spiro atoms. The molecule has 1 aromatic heterocycles. The lowest BCUT2D eigenvalue weighted by Crippen LogP contribution is -2.43. The van der Waals surface area contributed by atoms with Crippen LogP contribution in [0.5, 0.6) is 0 Å². The quantitative estimate of drug-likeness (QED) is 0.879. The Morgan fingerprint density at radius 2 is 2.36 bits per heavy atom. The Morgan fingerprint density at radius 3 is 2.64 bits per heavy atom. The lowest BCUT2D eigenvalue weighted by atomic mass is 9.66. The molecule has 1 aliphatic carbocycles. The number of hydrogen-bond acceptors (Lipinski definition) is 2. The summed E-state index contributed by atoms with van der Waals surface area (Å²) in [5.41, 5.74) is 0.108. The van der Waals surface area contributed by atoms with E-state index in [0.717, 1.165) is 12.1 Å². The predicted octanol–water partition coefficient (Wildman–Crippen LogP) is 1.69. The third-order valence-corrected chi connectivity index (χ3v) is 3.34. The number of aliphatic carboxylic acids is 1.